The van der Waals surface area contributed by atoms with Crippen molar-refractivity contribution in [2.24, 2.45) is 10.8 Å². The Hall–Kier alpha value is -2.91. The Balaban J connectivity index is 0.000000414. The van der Waals surface area contributed by atoms with Gasteiger partial charge in [-0.1, -0.05) is 20.4 Å². The first kappa shape index (κ1) is 36.1. The monoisotopic (exact) mass is 582 g/mol. The van der Waals surface area contributed by atoms with Gasteiger partial charge in [-0.2, -0.15) is 0 Å². The molecule has 0 aromatic carbocycles. The second-order valence-corrected chi connectivity index (χ2v) is 12.4. The van der Waals surface area contributed by atoms with Crippen molar-refractivity contribution in [3.05, 3.63) is 12.7 Å². The van der Waals surface area contributed by atoms with Crippen LogP contribution in [0.2, 0.25) is 0 Å². The number of hydrogen-bond acceptors (Lipinski definition) is 10. The Bertz CT molecular complexity index is 921. The maximum Gasteiger partial charge on any atom is 0.345 e. The van der Waals surface area contributed by atoms with Crippen molar-refractivity contribution in [2.45, 2.75) is 124 Å². The highest BCUT2D eigenvalue weighted by molar-refractivity contribution is 5.81. The summed E-state index contributed by atoms with van der Waals surface area (Å²) >= 11 is 0. The van der Waals surface area contributed by atoms with Crippen molar-refractivity contribution >= 4 is 29.8 Å². The summed E-state index contributed by atoms with van der Waals surface area (Å²) in [6.45, 7) is 15.2. The molecule has 2 aliphatic rings. The fourth-order valence-corrected chi connectivity index (χ4v) is 4.22. The molecule has 10 heteroatoms. The zero-order chi connectivity index (χ0) is 31.3. The van der Waals surface area contributed by atoms with E-state index in [4.69, 9.17) is 23.7 Å². The van der Waals surface area contributed by atoms with Gasteiger partial charge in [-0.3, -0.25) is 9.59 Å². The third-order valence-corrected chi connectivity index (χ3v) is 8.03. The third kappa shape index (κ3) is 12.2. The minimum atomic E-state index is -0.756. The van der Waals surface area contributed by atoms with Crippen LogP contribution in [0.4, 0.5) is 0 Å². The molecule has 2 fully saturated rings. The molecule has 0 amide bonds. The molecule has 0 aromatic heterocycles. The molecule has 0 atom stereocenters. The summed E-state index contributed by atoms with van der Waals surface area (Å²) in [5.41, 5.74) is -2.20. The van der Waals surface area contributed by atoms with Crippen molar-refractivity contribution in [3.63, 3.8) is 0 Å². The molecule has 0 unspecified atom stereocenters. The lowest BCUT2D eigenvalue weighted by molar-refractivity contribution is -0.173. The molecule has 41 heavy (non-hydrogen) atoms. The van der Waals surface area contributed by atoms with Crippen LogP contribution in [0, 0.1) is 10.8 Å². The van der Waals surface area contributed by atoms with Gasteiger partial charge >= 0.3 is 29.8 Å². The molecule has 0 spiro atoms. The van der Waals surface area contributed by atoms with Crippen molar-refractivity contribution < 1.29 is 47.7 Å². The van der Waals surface area contributed by atoms with Gasteiger partial charge in [0, 0.05) is 0 Å². The van der Waals surface area contributed by atoms with Crippen LogP contribution in [0.25, 0.3) is 0 Å². The van der Waals surface area contributed by atoms with Crippen LogP contribution in [-0.2, 0) is 47.7 Å². The number of carbonyl (C=O) groups excluding carboxylic acids is 5. The van der Waals surface area contributed by atoms with Crippen LogP contribution < -0.4 is 0 Å². The van der Waals surface area contributed by atoms with Crippen molar-refractivity contribution in [2.75, 3.05) is 19.8 Å². The smallest absolute Gasteiger partial charge is 0.345 e. The van der Waals surface area contributed by atoms with Gasteiger partial charge in [0.1, 0.15) is 11.2 Å². The SMILES string of the molecule is C=CC1(OC(=O)COC(=O)C(C)(C)CC)CCCC1.CCC(C)(C)C(=O)OCC(=O)OCC(=O)OC1(C)CCCC1. The summed E-state index contributed by atoms with van der Waals surface area (Å²) in [6, 6.07) is 0. The molecule has 0 saturated heterocycles. The molecule has 234 valence electrons. The molecule has 0 heterocycles. The minimum Gasteiger partial charge on any atom is -0.457 e. The average Bonchev–Trinajstić information content (AvgIpc) is 3.58. The van der Waals surface area contributed by atoms with Gasteiger partial charge in [0.2, 0.25) is 0 Å². The zero-order valence-corrected chi connectivity index (χ0v) is 26.1. The molecular weight excluding hydrogens is 532 g/mol. The van der Waals surface area contributed by atoms with Crippen molar-refractivity contribution in [1.29, 1.82) is 0 Å². The predicted octanol–water partition coefficient (Wildman–Crippen LogP) is 5.39. The topological polar surface area (TPSA) is 132 Å². The van der Waals surface area contributed by atoms with Gasteiger partial charge in [0.05, 0.1) is 10.8 Å². The van der Waals surface area contributed by atoms with Crippen LogP contribution in [0.1, 0.15) is 113 Å². The fourth-order valence-electron chi connectivity index (χ4n) is 4.22. The van der Waals surface area contributed by atoms with Gasteiger partial charge in [-0.05, 0) is 105 Å². The summed E-state index contributed by atoms with van der Waals surface area (Å²) in [4.78, 5) is 58.3. The van der Waals surface area contributed by atoms with E-state index in [1.807, 2.05) is 20.8 Å². The highest BCUT2D eigenvalue weighted by Crippen LogP contribution is 2.34. The normalized spacial score (nSPS) is 17.3. The Kier molecular flexibility index (Phi) is 14.0. The van der Waals surface area contributed by atoms with E-state index in [2.05, 4.69) is 6.58 Å². The van der Waals surface area contributed by atoms with Gasteiger partial charge in [-0.25, -0.2) is 14.4 Å². The molecular formula is C31H50O10. The Morgan fingerprint density at radius 2 is 1.05 bits per heavy atom. The zero-order valence-electron chi connectivity index (χ0n) is 26.1. The summed E-state index contributed by atoms with van der Waals surface area (Å²) in [5, 5.41) is 0. The van der Waals surface area contributed by atoms with E-state index in [1.165, 1.54) is 0 Å². The molecule has 0 radical (unpaired) electrons. The Morgan fingerprint density at radius 3 is 1.49 bits per heavy atom. The number of rotatable bonds is 13. The molecule has 2 saturated carbocycles. The average molecular weight is 583 g/mol. The van der Waals surface area contributed by atoms with E-state index in [9.17, 15) is 24.0 Å². The van der Waals surface area contributed by atoms with Crippen molar-refractivity contribution in [1.82, 2.24) is 0 Å². The summed E-state index contributed by atoms with van der Waals surface area (Å²) in [6.07, 6.45) is 10.3. The van der Waals surface area contributed by atoms with E-state index < -0.39 is 59.1 Å². The number of hydrogen-bond donors (Lipinski definition) is 0. The van der Waals surface area contributed by atoms with E-state index in [-0.39, 0.29) is 12.6 Å². The third-order valence-electron chi connectivity index (χ3n) is 8.03. The highest BCUT2D eigenvalue weighted by atomic mass is 16.6. The number of esters is 5. The Morgan fingerprint density at radius 1 is 0.659 bits per heavy atom. The standard InChI is InChI=1S/C16H26O6.C15H24O4/c1-5-15(2,3)14(19)21-10-12(17)20-11-13(18)22-16(4)8-6-7-9-16;1-5-14(3,4)13(17)18-11-12(16)19-15(6-2)9-7-8-10-15/h5-11H2,1-4H3;6H,2,5,7-11H2,1,3-4H3. The quantitative estimate of drug-likeness (QED) is 0.158. The van der Waals surface area contributed by atoms with E-state index in [1.54, 1.807) is 33.8 Å². The second-order valence-electron chi connectivity index (χ2n) is 12.4. The number of carbonyl (C=O) groups is 5. The van der Waals surface area contributed by atoms with E-state index in [0.717, 1.165) is 51.4 Å². The minimum absolute atomic E-state index is 0.322. The summed E-state index contributed by atoms with van der Waals surface area (Å²) < 4.78 is 25.4. The number of ether oxygens (including phenoxy) is 5. The van der Waals surface area contributed by atoms with E-state index >= 15 is 0 Å². The second kappa shape index (κ2) is 15.9. The summed E-state index contributed by atoms with van der Waals surface area (Å²) in [5.74, 6) is -2.66. The Labute approximate surface area is 244 Å². The van der Waals surface area contributed by atoms with Gasteiger partial charge < -0.3 is 23.7 Å². The molecule has 0 aromatic rings. The highest BCUT2D eigenvalue weighted by Gasteiger charge is 2.36. The van der Waals surface area contributed by atoms with Crippen molar-refractivity contribution in [3.8, 4) is 0 Å². The maximum absolute atomic E-state index is 11.7. The lowest BCUT2D eigenvalue weighted by Gasteiger charge is -2.25. The molecule has 2 aliphatic carbocycles. The lowest BCUT2D eigenvalue weighted by Crippen LogP contribution is -2.33. The molecule has 0 aliphatic heterocycles. The van der Waals surface area contributed by atoms with Gasteiger partial charge in [0.15, 0.2) is 19.8 Å². The predicted molar refractivity (Wildman–Crippen MR) is 151 cm³/mol. The fraction of sp³-hybridized carbons (Fsp3) is 0.774. The van der Waals surface area contributed by atoms with Crippen LogP contribution in [0.5, 0.6) is 0 Å². The van der Waals surface area contributed by atoms with E-state index in [0.29, 0.717) is 12.8 Å². The largest absolute Gasteiger partial charge is 0.457 e. The molecule has 2 rings (SSSR count). The molecule has 0 bridgehead atoms. The van der Waals surface area contributed by atoms with Crippen LogP contribution >= 0.6 is 0 Å². The van der Waals surface area contributed by atoms with Gasteiger partial charge in [-0.15, -0.1) is 0 Å². The molecule has 10 nitrogen and oxygen atoms in total. The molecule has 0 N–H and O–H groups in total. The first-order valence-electron chi connectivity index (χ1n) is 14.6. The first-order valence-corrected chi connectivity index (χ1v) is 14.6. The summed E-state index contributed by atoms with van der Waals surface area (Å²) in [7, 11) is 0. The van der Waals surface area contributed by atoms with Gasteiger partial charge in [0.25, 0.3) is 0 Å². The first-order chi connectivity index (χ1) is 19.0. The maximum atomic E-state index is 11.7. The van der Waals surface area contributed by atoms with Crippen LogP contribution in [-0.4, -0.2) is 60.9 Å². The van der Waals surface area contributed by atoms with Crippen LogP contribution in [0.3, 0.4) is 0 Å². The lowest BCUT2D eigenvalue weighted by atomic mass is 9.91. The van der Waals surface area contributed by atoms with Crippen LogP contribution in [0.15, 0.2) is 12.7 Å².